The number of nitrogens with one attached hydrogen (secondary N) is 2. The van der Waals surface area contributed by atoms with Gasteiger partial charge < -0.3 is 15.5 Å². The van der Waals surface area contributed by atoms with Crippen LogP contribution in [0, 0.1) is 11.7 Å². The predicted molar refractivity (Wildman–Crippen MR) is 106 cm³/mol. The lowest BCUT2D eigenvalue weighted by atomic mass is 9.96. The molecule has 2 amide bonds. The quantitative estimate of drug-likeness (QED) is 0.806. The molecule has 0 aliphatic carbocycles. The van der Waals surface area contributed by atoms with E-state index in [-0.39, 0.29) is 11.8 Å². The Morgan fingerprint density at radius 3 is 2.70 bits per heavy atom. The van der Waals surface area contributed by atoms with Crippen LogP contribution < -0.4 is 15.5 Å². The number of anilines is 1. The second-order valence-corrected chi connectivity index (χ2v) is 7.31. The van der Waals surface area contributed by atoms with Gasteiger partial charge in [0.25, 0.3) is 0 Å². The largest absolute Gasteiger partial charge is 0.371 e. The van der Waals surface area contributed by atoms with Crippen molar-refractivity contribution < 1.29 is 9.18 Å². The summed E-state index contributed by atoms with van der Waals surface area (Å²) in [4.78, 5) is 18.5. The third kappa shape index (κ3) is 5.32. The first-order valence-electron chi connectivity index (χ1n) is 9.17. The summed E-state index contributed by atoms with van der Waals surface area (Å²) >= 11 is 5.91. The molecule has 1 saturated heterocycles. The van der Waals surface area contributed by atoms with Crippen molar-refractivity contribution in [3.8, 4) is 0 Å². The maximum Gasteiger partial charge on any atom is 0.315 e. The normalized spacial score (nSPS) is 16.0. The molecule has 27 heavy (non-hydrogen) atoms. The predicted octanol–water partition coefficient (Wildman–Crippen LogP) is 4.15. The minimum atomic E-state index is -0.461. The number of rotatable bonds is 5. The fourth-order valence-corrected chi connectivity index (χ4v) is 3.54. The van der Waals surface area contributed by atoms with Gasteiger partial charge in [-0.25, -0.2) is 9.18 Å². The average Bonchev–Trinajstić information content (AvgIpc) is 2.69. The van der Waals surface area contributed by atoms with Crippen LogP contribution in [0.3, 0.4) is 0 Å². The molecule has 1 aliphatic heterocycles. The van der Waals surface area contributed by atoms with E-state index in [0.717, 1.165) is 25.9 Å². The molecule has 2 N–H and O–H groups in total. The van der Waals surface area contributed by atoms with Gasteiger partial charge in [-0.2, -0.15) is 0 Å². The molecule has 1 aliphatic rings. The fourth-order valence-electron chi connectivity index (χ4n) is 3.36. The van der Waals surface area contributed by atoms with Crippen LogP contribution in [-0.2, 0) is 0 Å². The molecule has 1 aromatic heterocycles. The van der Waals surface area contributed by atoms with Gasteiger partial charge in [0.05, 0.1) is 6.04 Å². The highest BCUT2D eigenvalue weighted by Gasteiger charge is 2.20. The van der Waals surface area contributed by atoms with Gasteiger partial charge in [0.2, 0.25) is 0 Å². The molecule has 144 valence electrons. The number of hydrogen-bond donors (Lipinski definition) is 2. The second-order valence-electron chi connectivity index (χ2n) is 6.88. The second kappa shape index (κ2) is 9.04. The number of pyridine rings is 1. The number of nitrogens with zero attached hydrogens (tertiary/aromatic N) is 2. The molecule has 0 saturated carbocycles. The molecule has 0 unspecified atom stereocenters. The Morgan fingerprint density at radius 2 is 2.00 bits per heavy atom. The third-order valence-corrected chi connectivity index (χ3v) is 5.20. The molecule has 2 aromatic rings. The van der Waals surface area contributed by atoms with Crippen LogP contribution in [-0.4, -0.2) is 30.6 Å². The van der Waals surface area contributed by atoms with Crippen LogP contribution >= 0.6 is 11.6 Å². The smallest absolute Gasteiger partial charge is 0.315 e. The highest BCUT2D eigenvalue weighted by Crippen LogP contribution is 2.23. The molecule has 3 rings (SSSR count). The van der Waals surface area contributed by atoms with Gasteiger partial charge in [-0.05, 0) is 56.0 Å². The van der Waals surface area contributed by atoms with Crippen molar-refractivity contribution in [1.82, 2.24) is 15.6 Å². The highest BCUT2D eigenvalue weighted by molar-refractivity contribution is 6.30. The first-order chi connectivity index (χ1) is 13.0. The van der Waals surface area contributed by atoms with E-state index in [1.165, 1.54) is 23.9 Å². The van der Waals surface area contributed by atoms with Crippen molar-refractivity contribution in [1.29, 1.82) is 0 Å². The lowest BCUT2D eigenvalue weighted by Crippen LogP contribution is -2.42. The molecular formula is C20H24ClFN4O. The zero-order chi connectivity index (χ0) is 19.2. The molecule has 1 atom stereocenters. The number of piperidine rings is 1. The number of carbonyl (C=O) groups is 1. The van der Waals surface area contributed by atoms with Crippen LogP contribution in [0.4, 0.5) is 14.9 Å². The Kier molecular flexibility index (Phi) is 6.50. The molecule has 2 heterocycles. The van der Waals surface area contributed by atoms with E-state index in [9.17, 15) is 9.18 Å². The summed E-state index contributed by atoms with van der Waals surface area (Å²) < 4.78 is 13.9. The third-order valence-electron chi connectivity index (χ3n) is 4.97. The van der Waals surface area contributed by atoms with Crippen molar-refractivity contribution >= 4 is 23.3 Å². The van der Waals surface area contributed by atoms with Gasteiger partial charge in [-0.15, -0.1) is 0 Å². The van der Waals surface area contributed by atoms with Crippen molar-refractivity contribution in [2.45, 2.75) is 25.8 Å². The van der Waals surface area contributed by atoms with Gasteiger partial charge in [0.1, 0.15) is 5.82 Å². The number of urea groups is 1. The van der Waals surface area contributed by atoms with Crippen molar-refractivity contribution in [2.75, 3.05) is 24.5 Å². The summed E-state index contributed by atoms with van der Waals surface area (Å²) in [7, 11) is 0. The standard InChI is InChI=1S/C20H24ClFN4O/c1-14(18-12-16(21)2-3-19(18)22)25-20(27)24-13-15-6-10-26(11-7-15)17-4-8-23-9-5-17/h2-5,8-9,12,14-15H,6-7,10-11,13H2,1H3,(H2,24,25,27)/t14-/m0/s1. The summed E-state index contributed by atoms with van der Waals surface area (Å²) in [6.45, 7) is 4.27. The minimum Gasteiger partial charge on any atom is -0.371 e. The summed E-state index contributed by atoms with van der Waals surface area (Å²) in [5, 5.41) is 6.13. The number of halogens is 2. The van der Waals surface area contributed by atoms with Crippen molar-refractivity contribution in [2.24, 2.45) is 5.92 Å². The maximum absolute atomic E-state index is 13.9. The molecule has 0 spiro atoms. The van der Waals surface area contributed by atoms with Crippen LogP contribution in [0.1, 0.15) is 31.4 Å². The Morgan fingerprint density at radius 1 is 1.30 bits per heavy atom. The first kappa shape index (κ1) is 19.4. The zero-order valence-corrected chi connectivity index (χ0v) is 16.0. The molecule has 0 bridgehead atoms. The molecule has 1 fully saturated rings. The van der Waals surface area contributed by atoms with Gasteiger partial charge in [0, 0.05) is 48.3 Å². The fraction of sp³-hybridized carbons (Fsp3) is 0.400. The van der Waals surface area contributed by atoms with E-state index >= 15 is 0 Å². The topological polar surface area (TPSA) is 57.3 Å². The van der Waals surface area contributed by atoms with Gasteiger partial charge in [-0.3, -0.25) is 4.98 Å². The SMILES string of the molecule is C[C@H](NC(=O)NCC1CCN(c2ccncc2)CC1)c1cc(Cl)ccc1F. The van der Waals surface area contributed by atoms with Gasteiger partial charge in [0.15, 0.2) is 0 Å². The summed E-state index contributed by atoms with van der Waals surface area (Å²) in [6.07, 6.45) is 5.64. The lowest BCUT2D eigenvalue weighted by Gasteiger charge is -2.33. The number of carbonyl (C=O) groups excluding carboxylic acids is 1. The van der Waals surface area contributed by atoms with E-state index in [2.05, 4.69) is 20.5 Å². The summed E-state index contributed by atoms with van der Waals surface area (Å²) in [5.74, 6) is 0.0581. The molecular weight excluding hydrogens is 367 g/mol. The van der Waals surface area contributed by atoms with Crippen molar-refractivity contribution in [3.63, 3.8) is 0 Å². The van der Waals surface area contributed by atoms with E-state index in [0.29, 0.717) is 23.0 Å². The highest BCUT2D eigenvalue weighted by atomic mass is 35.5. The molecule has 0 radical (unpaired) electrons. The van der Waals surface area contributed by atoms with Crippen LogP contribution in [0.5, 0.6) is 0 Å². The Bertz CT molecular complexity index is 766. The lowest BCUT2D eigenvalue weighted by molar-refractivity contribution is 0.234. The van der Waals surface area contributed by atoms with E-state index in [1.807, 2.05) is 12.1 Å². The molecule has 7 heteroatoms. The van der Waals surface area contributed by atoms with Crippen LogP contribution in [0.25, 0.3) is 0 Å². The zero-order valence-electron chi connectivity index (χ0n) is 15.3. The summed E-state index contributed by atoms with van der Waals surface area (Å²) in [6, 6.07) is 7.62. The first-order valence-corrected chi connectivity index (χ1v) is 9.55. The molecule has 1 aromatic carbocycles. The Labute approximate surface area is 163 Å². The van der Waals surface area contributed by atoms with E-state index in [1.54, 1.807) is 19.3 Å². The number of amides is 2. The Balaban J connectivity index is 1.43. The van der Waals surface area contributed by atoms with Crippen molar-refractivity contribution in [3.05, 3.63) is 59.1 Å². The van der Waals surface area contributed by atoms with E-state index < -0.39 is 6.04 Å². The van der Waals surface area contributed by atoms with Gasteiger partial charge in [-0.1, -0.05) is 11.6 Å². The number of aromatic nitrogens is 1. The maximum atomic E-state index is 13.9. The average molecular weight is 391 g/mol. The van der Waals surface area contributed by atoms with Crippen LogP contribution in [0.15, 0.2) is 42.7 Å². The minimum absolute atomic E-state index is 0.293. The number of hydrogen-bond acceptors (Lipinski definition) is 3. The Hall–Kier alpha value is -2.34. The van der Waals surface area contributed by atoms with Crippen LogP contribution in [0.2, 0.25) is 5.02 Å². The number of benzene rings is 1. The summed E-state index contributed by atoms with van der Waals surface area (Å²) in [5.41, 5.74) is 1.56. The monoisotopic (exact) mass is 390 g/mol. The molecule has 5 nitrogen and oxygen atoms in total. The van der Waals surface area contributed by atoms with E-state index in [4.69, 9.17) is 11.6 Å². The van der Waals surface area contributed by atoms with Gasteiger partial charge >= 0.3 is 6.03 Å².